The van der Waals surface area contributed by atoms with Gasteiger partial charge in [0, 0.05) is 16.7 Å². The zero-order valence-electron chi connectivity index (χ0n) is 12.8. The highest BCUT2D eigenvalue weighted by molar-refractivity contribution is 9.10. The second kappa shape index (κ2) is 6.64. The molecule has 0 saturated heterocycles. The van der Waals surface area contributed by atoms with E-state index in [2.05, 4.69) is 20.7 Å². The van der Waals surface area contributed by atoms with E-state index in [1.807, 2.05) is 20.8 Å². The smallest absolute Gasteiger partial charge is 0.241 e. The first-order chi connectivity index (χ1) is 9.42. The van der Waals surface area contributed by atoms with Gasteiger partial charge in [-0.15, -0.1) is 0 Å². The normalized spacial score (nSPS) is 14.2. The van der Waals surface area contributed by atoms with Crippen LogP contribution in [-0.2, 0) is 10.0 Å². The third kappa shape index (κ3) is 5.58. The highest BCUT2D eigenvalue weighted by atomic mass is 79.9. The van der Waals surface area contributed by atoms with Crippen LogP contribution in [0.5, 0.6) is 0 Å². The molecule has 7 heteroatoms. The first-order valence-electron chi connectivity index (χ1n) is 6.66. The number of rotatable bonds is 5. The summed E-state index contributed by atoms with van der Waals surface area (Å²) in [6.07, 6.45) is -0.223. The van der Waals surface area contributed by atoms with Crippen molar-refractivity contribution in [3.63, 3.8) is 0 Å². The minimum absolute atomic E-state index is 0.0224. The van der Waals surface area contributed by atoms with Gasteiger partial charge in [0.05, 0.1) is 11.0 Å². The van der Waals surface area contributed by atoms with Crippen molar-refractivity contribution in [2.45, 2.75) is 45.1 Å². The molecule has 0 aliphatic rings. The van der Waals surface area contributed by atoms with Crippen LogP contribution in [0, 0.1) is 12.3 Å². The van der Waals surface area contributed by atoms with E-state index < -0.39 is 16.1 Å². The largest absolute Gasteiger partial charge is 0.398 e. The van der Waals surface area contributed by atoms with Crippen LogP contribution >= 0.6 is 15.9 Å². The molecule has 0 amide bonds. The van der Waals surface area contributed by atoms with E-state index in [0.717, 1.165) is 0 Å². The molecule has 120 valence electrons. The van der Waals surface area contributed by atoms with Gasteiger partial charge in [-0.25, -0.2) is 13.1 Å². The predicted molar refractivity (Wildman–Crippen MR) is 88.6 cm³/mol. The van der Waals surface area contributed by atoms with E-state index >= 15 is 0 Å². The van der Waals surface area contributed by atoms with Gasteiger partial charge >= 0.3 is 0 Å². The van der Waals surface area contributed by atoms with Crippen molar-refractivity contribution in [2.75, 3.05) is 12.3 Å². The SMILES string of the molecule is Cc1c(N)cc(Br)cc1S(=O)(=O)NCC(O)CC(C)(C)C. The first kappa shape index (κ1) is 18.4. The molecule has 0 fully saturated rings. The Hall–Kier alpha value is -0.630. The van der Waals surface area contributed by atoms with Gasteiger partial charge in [-0.2, -0.15) is 0 Å². The van der Waals surface area contributed by atoms with Crippen molar-refractivity contribution in [1.82, 2.24) is 4.72 Å². The lowest BCUT2D eigenvalue weighted by molar-refractivity contribution is 0.125. The summed E-state index contributed by atoms with van der Waals surface area (Å²) in [7, 11) is -3.71. The molecule has 0 aliphatic heterocycles. The maximum absolute atomic E-state index is 12.3. The van der Waals surface area contributed by atoms with E-state index in [1.54, 1.807) is 13.0 Å². The quantitative estimate of drug-likeness (QED) is 0.685. The van der Waals surface area contributed by atoms with Gasteiger partial charge in [0.2, 0.25) is 10.0 Å². The summed E-state index contributed by atoms with van der Waals surface area (Å²) in [5.41, 5.74) is 6.62. The number of aliphatic hydroxyl groups excluding tert-OH is 1. The molecule has 1 aromatic carbocycles. The molecule has 0 radical (unpaired) electrons. The van der Waals surface area contributed by atoms with Gasteiger partial charge in [0.1, 0.15) is 0 Å². The maximum atomic E-state index is 12.3. The average Bonchev–Trinajstić information content (AvgIpc) is 2.29. The first-order valence-corrected chi connectivity index (χ1v) is 8.93. The number of halogens is 1. The number of aliphatic hydroxyl groups is 1. The molecular weight excluding hydrogens is 356 g/mol. The number of nitrogens with two attached hydrogens (primary N) is 1. The number of benzene rings is 1. The van der Waals surface area contributed by atoms with Crippen molar-refractivity contribution in [2.24, 2.45) is 5.41 Å². The Morgan fingerprint density at radius 1 is 1.38 bits per heavy atom. The molecule has 0 bridgehead atoms. The molecule has 21 heavy (non-hydrogen) atoms. The fourth-order valence-corrected chi connectivity index (χ4v) is 4.01. The molecular formula is C14H23BrN2O3S. The van der Waals surface area contributed by atoms with Crippen LogP contribution in [0.15, 0.2) is 21.5 Å². The van der Waals surface area contributed by atoms with Gasteiger partial charge in [-0.1, -0.05) is 36.7 Å². The lowest BCUT2D eigenvalue weighted by Gasteiger charge is -2.22. The predicted octanol–water partition coefficient (Wildman–Crippen LogP) is 2.42. The number of nitrogen functional groups attached to an aromatic ring is 1. The van der Waals surface area contributed by atoms with Crippen LogP contribution in [0.25, 0.3) is 0 Å². The molecule has 1 atom stereocenters. The Morgan fingerprint density at radius 2 is 1.95 bits per heavy atom. The summed E-state index contributed by atoms with van der Waals surface area (Å²) >= 11 is 3.24. The topological polar surface area (TPSA) is 92.4 Å². The zero-order chi connectivity index (χ0) is 16.4. The molecule has 1 unspecified atom stereocenters. The lowest BCUT2D eigenvalue weighted by atomic mass is 9.89. The van der Waals surface area contributed by atoms with Gasteiger partial charge in [-0.3, -0.25) is 0 Å². The van der Waals surface area contributed by atoms with E-state index in [4.69, 9.17) is 5.73 Å². The Kier molecular flexibility index (Phi) is 5.83. The van der Waals surface area contributed by atoms with Crippen molar-refractivity contribution >= 4 is 31.6 Å². The monoisotopic (exact) mass is 378 g/mol. The second-order valence-corrected chi connectivity index (χ2v) is 9.04. The number of hydrogen-bond donors (Lipinski definition) is 3. The molecule has 0 aromatic heterocycles. The Bertz CT molecular complexity index is 609. The second-order valence-electron chi connectivity index (χ2n) is 6.39. The van der Waals surface area contributed by atoms with Crippen LogP contribution in [0.3, 0.4) is 0 Å². The Morgan fingerprint density at radius 3 is 2.48 bits per heavy atom. The van der Waals surface area contributed by atoms with Gasteiger partial charge in [0.15, 0.2) is 0 Å². The van der Waals surface area contributed by atoms with Crippen molar-refractivity contribution in [1.29, 1.82) is 0 Å². The zero-order valence-corrected chi connectivity index (χ0v) is 15.2. The molecule has 0 saturated carbocycles. The Balaban J connectivity index is 2.88. The summed E-state index contributed by atoms with van der Waals surface area (Å²) in [5, 5.41) is 9.91. The number of nitrogens with one attached hydrogen (secondary N) is 1. The van der Waals surface area contributed by atoms with Crippen LogP contribution in [0.4, 0.5) is 5.69 Å². The standard InChI is InChI=1S/C14H23BrN2O3S/c1-9-12(16)5-10(15)6-13(9)21(19,20)17-8-11(18)7-14(2,3)4/h5-6,11,17-18H,7-8,16H2,1-4H3. The fourth-order valence-electron chi connectivity index (χ4n) is 2.02. The molecule has 0 heterocycles. The highest BCUT2D eigenvalue weighted by Crippen LogP contribution is 2.26. The van der Waals surface area contributed by atoms with E-state index in [-0.39, 0.29) is 16.9 Å². The molecule has 4 N–H and O–H groups in total. The summed E-state index contributed by atoms with van der Waals surface area (Å²) in [6.45, 7) is 7.60. The van der Waals surface area contributed by atoms with E-state index in [0.29, 0.717) is 22.1 Å². The van der Waals surface area contributed by atoms with Crippen molar-refractivity contribution in [3.05, 3.63) is 22.2 Å². The van der Waals surface area contributed by atoms with Gasteiger partial charge < -0.3 is 10.8 Å². The number of hydrogen-bond acceptors (Lipinski definition) is 4. The summed E-state index contributed by atoms with van der Waals surface area (Å²) in [6, 6.07) is 3.16. The number of anilines is 1. The fraction of sp³-hybridized carbons (Fsp3) is 0.571. The molecule has 0 spiro atoms. The highest BCUT2D eigenvalue weighted by Gasteiger charge is 2.22. The maximum Gasteiger partial charge on any atom is 0.241 e. The average molecular weight is 379 g/mol. The molecule has 5 nitrogen and oxygen atoms in total. The third-order valence-corrected chi connectivity index (χ3v) is 5.02. The van der Waals surface area contributed by atoms with E-state index in [9.17, 15) is 13.5 Å². The summed E-state index contributed by atoms with van der Waals surface area (Å²) in [5.74, 6) is 0. The van der Waals surface area contributed by atoms with E-state index in [1.165, 1.54) is 6.07 Å². The van der Waals surface area contributed by atoms with Crippen molar-refractivity contribution < 1.29 is 13.5 Å². The Labute approximate surface area is 135 Å². The number of sulfonamides is 1. The van der Waals surface area contributed by atoms with Crippen LogP contribution < -0.4 is 10.5 Å². The van der Waals surface area contributed by atoms with Crippen LogP contribution in [0.1, 0.15) is 32.8 Å². The minimum Gasteiger partial charge on any atom is -0.398 e. The van der Waals surface area contributed by atoms with Gasteiger partial charge in [0.25, 0.3) is 0 Å². The lowest BCUT2D eigenvalue weighted by Crippen LogP contribution is -2.34. The molecule has 0 aliphatic carbocycles. The minimum atomic E-state index is -3.71. The third-order valence-electron chi connectivity index (χ3n) is 3.01. The van der Waals surface area contributed by atoms with Crippen LogP contribution in [-0.4, -0.2) is 26.2 Å². The summed E-state index contributed by atoms with van der Waals surface area (Å²) < 4.78 is 27.7. The summed E-state index contributed by atoms with van der Waals surface area (Å²) in [4.78, 5) is 0.123. The van der Waals surface area contributed by atoms with Gasteiger partial charge in [-0.05, 0) is 36.5 Å². The van der Waals surface area contributed by atoms with Crippen molar-refractivity contribution in [3.8, 4) is 0 Å². The molecule has 1 rings (SSSR count). The molecule has 1 aromatic rings. The van der Waals surface area contributed by atoms with Crippen LogP contribution in [0.2, 0.25) is 0 Å².